The molecule has 222 valence electrons. The Labute approximate surface area is 254 Å². The van der Waals surface area contributed by atoms with E-state index >= 15 is 0 Å². The molecule has 0 radical (unpaired) electrons. The molecule has 3 atom stereocenters. The smallest absolute Gasteiger partial charge is 0.254 e. The normalized spacial score (nSPS) is 21.3. The zero-order chi connectivity index (χ0) is 29.7. The molecule has 9 rings (SSSR count). The van der Waals surface area contributed by atoms with Gasteiger partial charge in [-0.1, -0.05) is 0 Å². The third-order valence-electron chi connectivity index (χ3n) is 10.2. The third-order valence-corrected chi connectivity index (χ3v) is 10.2. The quantitative estimate of drug-likeness (QED) is 0.257. The number of pyridine rings is 1. The molecular formula is C35H34N6O3. The van der Waals surface area contributed by atoms with Crippen LogP contribution in [0.2, 0.25) is 0 Å². The molecule has 1 amide bonds. The number of furan rings is 1. The fourth-order valence-corrected chi connectivity index (χ4v) is 7.61. The van der Waals surface area contributed by atoms with Crippen LogP contribution in [0.4, 0.5) is 0 Å². The van der Waals surface area contributed by atoms with Crippen molar-refractivity contribution in [1.82, 2.24) is 24.0 Å². The summed E-state index contributed by atoms with van der Waals surface area (Å²) in [6, 6.07) is 18.6. The molecule has 3 aliphatic rings. The molecule has 2 aromatic carbocycles. The number of likely N-dealkylation sites (tertiary alicyclic amines) is 1. The topological polar surface area (TPSA) is 104 Å². The Kier molecular flexibility index (Phi) is 5.54. The number of nitrogens with two attached hydrogens (primary N) is 1. The Bertz CT molecular complexity index is 2120. The molecule has 0 spiro atoms. The van der Waals surface area contributed by atoms with Gasteiger partial charge in [0.25, 0.3) is 5.91 Å². The molecule has 9 heteroatoms. The summed E-state index contributed by atoms with van der Waals surface area (Å²) in [4.78, 5) is 26.0. The highest BCUT2D eigenvalue weighted by Gasteiger charge is 2.47. The van der Waals surface area contributed by atoms with Crippen LogP contribution in [0.5, 0.6) is 5.75 Å². The fraction of sp³-hybridized carbons (Fsp3) is 0.343. The predicted molar refractivity (Wildman–Crippen MR) is 169 cm³/mol. The highest BCUT2D eigenvalue weighted by molar-refractivity contribution is 6.00. The number of nitrogens with zero attached hydrogens (tertiary/aromatic N) is 5. The van der Waals surface area contributed by atoms with Crippen LogP contribution in [-0.2, 0) is 13.6 Å². The Balaban J connectivity index is 1.16. The molecule has 2 N–H and O–H groups in total. The number of carbonyl (C=O) groups is 1. The van der Waals surface area contributed by atoms with Crippen molar-refractivity contribution in [3.05, 3.63) is 66.4 Å². The first kappa shape index (κ1) is 25.8. The molecule has 2 bridgehead atoms. The van der Waals surface area contributed by atoms with Crippen molar-refractivity contribution in [1.29, 1.82) is 0 Å². The minimum atomic E-state index is 0.00763. The van der Waals surface area contributed by atoms with Crippen LogP contribution in [0.25, 0.3) is 55.8 Å². The van der Waals surface area contributed by atoms with Gasteiger partial charge in [0.1, 0.15) is 22.5 Å². The van der Waals surface area contributed by atoms with Gasteiger partial charge in [-0.15, -0.1) is 0 Å². The molecule has 44 heavy (non-hydrogen) atoms. The van der Waals surface area contributed by atoms with Gasteiger partial charge in [-0.3, -0.25) is 4.79 Å². The second-order valence-electron chi connectivity index (χ2n) is 12.8. The van der Waals surface area contributed by atoms with Crippen LogP contribution >= 0.6 is 0 Å². The molecular weight excluding hydrogens is 552 g/mol. The van der Waals surface area contributed by atoms with Gasteiger partial charge in [-0.05, 0) is 92.1 Å². The molecule has 2 unspecified atom stereocenters. The monoisotopic (exact) mass is 586 g/mol. The maximum Gasteiger partial charge on any atom is 0.254 e. The molecule has 2 aliphatic carbocycles. The van der Waals surface area contributed by atoms with E-state index in [0.29, 0.717) is 23.1 Å². The molecule has 9 nitrogen and oxygen atoms in total. The maximum absolute atomic E-state index is 13.7. The number of aromatic nitrogens is 4. The number of rotatable bonds is 6. The molecule has 6 aromatic rings. The van der Waals surface area contributed by atoms with Crippen molar-refractivity contribution in [3.8, 4) is 28.5 Å². The number of fused-ring (bicyclic) bond motifs is 5. The van der Waals surface area contributed by atoms with Crippen molar-refractivity contribution in [2.24, 2.45) is 24.6 Å². The Morgan fingerprint density at radius 1 is 1.02 bits per heavy atom. The lowest BCUT2D eigenvalue weighted by atomic mass is 10.1. The molecule has 3 fully saturated rings. The van der Waals surface area contributed by atoms with E-state index in [2.05, 4.69) is 39.5 Å². The van der Waals surface area contributed by atoms with E-state index in [9.17, 15) is 4.79 Å². The molecule has 5 heterocycles. The van der Waals surface area contributed by atoms with Crippen LogP contribution in [0.15, 0.2) is 65.3 Å². The molecule has 1 aliphatic heterocycles. The van der Waals surface area contributed by atoms with Crippen molar-refractivity contribution >= 4 is 38.9 Å². The van der Waals surface area contributed by atoms with Crippen molar-refractivity contribution in [2.75, 3.05) is 13.7 Å². The largest absolute Gasteiger partial charge is 0.494 e. The first-order valence-corrected chi connectivity index (χ1v) is 15.6. The summed E-state index contributed by atoms with van der Waals surface area (Å²) in [6.45, 7) is 1.61. The lowest BCUT2D eigenvalue weighted by molar-refractivity contribution is 0.0700. The van der Waals surface area contributed by atoms with E-state index in [1.54, 1.807) is 13.4 Å². The average molecular weight is 587 g/mol. The average Bonchev–Trinajstić information content (AvgIpc) is 3.34. The minimum absolute atomic E-state index is 0.00763. The standard InChI is InChI=1S/C35H34N6O3/c1-39-32-26(14-24(16-30(32)43-2)35(42)41-18-23-6-9-27(41)31(23)36)38-34(39)28-15-22-5-8-25(37-33(22)40(28)17-19-3-4-19)20-7-10-29-21(13-20)11-12-44-29/h5,7-8,10-16,19,23,27,31H,3-4,6,9,17-18,36H2,1-2H3/t23?,27?,31-/m1/s1. The van der Waals surface area contributed by atoms with Gasteiger partial charge in [0.2, 0.25) is 0 Å². The summed E-state index contributed by atoms with van der Waals surface area (Å²) in [5, 5.41) is 2.13. The summed E-state index contributed by atoms with van der Waals surface area (Å²) in [5.74, 6) is 2.50. The molecule has 2 saturated carbocycles. The highest BCUT2D eigenvalue weighted by atomic mass is 16.5. The molecule has 1 saturated heterocycles. The summed E-state index contributed by atoms with van der Waals surface area (Å²) >= 11 is 0. The number of benzene rings is 2. The van der Waals surface area contributed by atoms with Gasteiger partial charge < -0.3 is 28.9 Å². The first-order valence-electron chi connectivity index (χ1n) is 15.6. The van der Waals surface area contributed by atoms with Crippen LogP contribution in [0, 0.1) is 11.8 Å². The van der Waals surface area contributed by atoms with Gasteiger partial charge in [0.05, 0.1) is 30.3 Å². The van der Waals surface area contributed by atoms with Crippen molar-refractivity contribution in [2.45, 2.75) is 44.3 Å². The Morgan fingerprint density at radius 2 is 1.91 bits per heavy atom. The number of hydrogen-bond donors (Lipinski definition) is 1. The van der Waals surface area contributed by atoms with Crippen molar-refractivity contribution < 1.29 is 13.9 Å². The number of piperidine rings is 1. The van der Waals surface area contributed by atoms with Gasteiger partial charge >= 0.3 is 0 Å². The Morgan fingerprint density at radius 3 is 2.68 bits per heavy atom. The second kappa shape index (κ2) is 9.43. The number of aryl methyl sites for hydroxylation is 1. The zero-order valence-electron chi connectivity index (χ0n) is 24.9. The number of ether oxygens (including phenoxy) is 1. The number of methoxy groups -OCH3 is 1. The van der Waals surface area contributed by atoms with Crippen molar-refractivity contribution in [3.63, 3.8) is 0 Å². The fourth-order valence-electron chi connectivity index (χ4n) is 7.61. The first-order chi connectivity index (χ1) is 21.5. The lowest BCUT2D eigenvalue weighted by Crippen LogP contribution is -2.41. The minimum Gasteiger partial charge on any atom is -0.494 e. The number of carbonyl (C=O) groups excluding carboxylic acids is 1. The van der Waals surface area contributed by atoms with Gasteiger partial charge in [0, 0.05) is 54.1 Å². The SMILES string of the molecule is COc1cc(C(=O)N2CC3CCC2[C@@H]3N)cc2nc(-c3cc4ccc(-c5ccc6occc6c5)nc4n3CC3CC3)n(C)c12. The number of hydrogen-bond acceptors (Lipinski definition) is 6. The highest BCUT2D eigenvalue weighted by Crippen LogP contribution is 2.40. The summed E-state index contributed by atoms with van der Waals surface area (Å²) in [7, 11) is 3.67. The van der Waals surface area contributed by atoms with E-state index in [1.807, 2.05) is 36.2 Å². The van der Waals surface area contributed by atoms with Crippen LogP contribution in [-0.4, -0.2) is 55.6 Å². The summed E-state index contributed by atoms with van der Waals surface area (Å²) < 4.78 is 15.8. The van der Waals surface area contributed by atoms with E-state index in [4.69, 9.17) is 24.9 Å². The number of amides is 1. The second-order valence-corrected chi connectivity index (χ2v) is 12.8. The lowest BCUT2D eigenvalue weighted by Gasteiger charge is -2.27. The number of imidazole rings is 1. The van der Waals surface area contributed by atoms with E-state index in [-0.39, 0.29) is 18.0 Å². The molecule has 4 aromatic heterocycles. The zero-order valence-corrected chi connectivity index (χ0v) is 24.9. The van der Waals surface area contributed by atoms with Crippen LogP contribution in [0.3, 0.4) is 0 Å². The predicted octanol–water partition coefficient (Wildman–Crippen LogP) is 5.98. The third kappa shape index (κ3) is 3.85. The maximum atomic E-state index is 13.7. The summed E-state index contributed by atoms with van der Waals surface area (Å²) in [5.41, 5.74) is 13.4. The van der Waals surface area contributed by atoms with Crippen LogP contribution in [0.1, 0.15) is 36.0 Å². The Hall–Kier alpha value is -4.63. The van der Waals surface area contributed by atoms with Gasteiger partial charge in [-0.25, -0.2) is 9.97 Å². The van der Waals surface area contributed by atoms with Gasteiger partial charge in [-0.2, -0.15) is 0 Å². The van der Waals surface area contributed by atoms with E-state index in [0.717, 1.165) is 81.7 Å². The van der Waals surface area contributed by atoms with Gasteiger partial charge in [0.15, 0.2) is 5.82 Å². The summed E-state index contributed by atoms with van der Waals surface area (Å²) in [6.07, 6.45) is 6.24. The van der Waals surface area contributed by atoms with E-state index in [1.165, 1.54) is 12.8 Å². The van der Waals surface area contributed by atoms with Crippen LogP contribution < -0.4 is 10.5 Å². The van der Waals surface area contributed by atoms with E-state index < -0.39 is 0 Å².